The van der Waals surface area contributed by atoms with Crippen molar-refractivity contribution in [1.29, 1.82) is 0 Å². The fraction of sp³-hybridized carbons (Fsp3) is 0.190. The Balaban J connectivity index is 1.58. The molecule has 0 aliphatic rings. The Labute approximate surface area is 173 Å². The Morgan fingerprint density at radius 3 is 2.72 bits per heavy atom. The molecule has 3 rings (SSSR count). The number of nitrogens with two attached hydrogens (primary N) is 1. The number of aryl methyl sites for hydroxylation is 1. The standard InChI is InChI=1S/C21H22N4O3S/c1-14-19(29-21(22)24-14)20(26)25-23-13-16-8-9-17(18(12-16)27-2)28-11-10-15-6-4-3-5-7-15/h3-9,12-13H,10-11H2,1-2H3,(H2,22,24)(H,25,26)/b23-13-. The number of nitrogen functional groups attached to an aromatic ring is 1. The molecule has 1 amide bonds. The zero-order valence-corrected chi connectivity index (χ0v) is 17.0. The van der Waals surface area contributed by atoms with Crippen LogP contribution in [0.4, 0.5) is 5.13 Å². The summed E-state index contributed by atoms with van der Waals surface area (Å²) >= 11 is 1.13. The van der Waals surface area contributed by atoms with Crippen molar-refractivity contribution in [3.05, 3.63) is 70.2 Å². The van der Waals surface area contributed by atoms with Gasteiger partial charge in [0.15, 0.2) is 16.6 Å². The molecular formula is C21H22N4O3S. The predicted molar refractivity (Wildman–Crippen MR) is 115 cm³/mol. The van der Waals surface area contributed by atoms with Crippen molar-refractivity contribution in [3.63, 3.8) is 0 Å². The summed E-state index contributed by atoms with van der Waals surface area (Å²) in [4.78, 5) is 16.6. The molecule has 1 heterocycles. The van der Waals surface area contributed by atoms with E-state index in [2.05, 4.69) is 27.6 Å². The van der Waals surface area contributed by atoms with Crippen LogP contribution >= 0.6 is 11.3 Å². The number of rotatable bonds is 8. The average Bonchev–Trinajstić information content (AvgIpc) is 3.07. The minimum atomic E-state index is -0.346. The molecule has 3 aromatic rings. The summed E-state index contributed by atoms with van der Waals surface area (Å²) in [5.74, 6) is 0.903. The second-order valence-electron chi connectivity index (χ2n) is 6.16. The molecule has 0 saturated carbocycles. The summed E-state index contributed by atoms with van der Waals surface area (Å²) in [6.07, 6.45) is 2.34. The molecule has 0 aliphatic carbocycles. The van der Waals surface area contributed by atoms with Crippen LogP contribution in [0.3, 0.4) is 0 Å². The maximum atomic E-state index is 12.1. The summed E-state index contributed by atoms with van der Waals surface area (Å²) in [6, 6.07) is 15.6. The van der Waals surface area contributed by atoms with E-state index in [0.717, 1.165) is 23.3 Å². The topological polar surface area (TPSA) is 98.8 Å². The Bertz CT molecular complexity index is 1000. The van der Waals surface area contributed by atoms with Gasteiger partial charge in [0.2, 0.25) is 0 Å². The van der Waals surface area contributed by atoms with E-state index in [4.69, 9.17) is 15.2 Å². The highest BCUT2D eigenvalue weighted by molar-refractivity contribution is 7.17. The largest absolute Gasteiger partial charge is 0.493 e. The molecule has 0 unspecified atom stereocenters. The van der Waals surface area contributed by atoms with Crippen LogP contribution in [-0.2, 0) is 6.42 Å². The maximum absolute atomic E-state index is 12.1. The van der Waals surface area contributed by atoms with E-state index >= 15 is 0 Å². The van der Waals surface area contributed by atoms with Crippen LogP contribution in [0.1, 0.15) is 26.5 Å². The summed E-state index contributed by atoms with van der Waals surface area (Å²) in [5, 5.41) is 4.34. The van der Waals surface area contributed by atoms with Gasteiger partial charge < -0.3 is 15.2 Å². The highest BCUT2D eigenvalue weighted by atomic mass is 32.1. The van der Waals surface area contributed by atoms with Gasteiger partial charge in [-0.05, 0) is 36.2 Å². The molecule has 0 bridgehead atoms. The lowest BCUT2D eigenvalue weighted by molar-refractivity contribution is 0.0958. The van der Waals surface area contributed by atoms with Gasteiger partial charge in [0.1, 0.15) is 4.88 Å². The molecule has 150 valence electrons. The van der Waals surface area contributed by atoms with E-state index in [0.29, 0.717) is 33.8 Å². The van der Waals surface area contributed by atoms with Gasteiger partial charge in [0, 0.05) is 6.42 Å². The molecule has 2 aromatic carbocycles. The Morgan fingerprint density at radius 1 is 1.24 bits per heavy atom. The molecule has 0 aliphatic heterocycles. The van der Waals surface area contributed by atoms with E-state index < -0.39 is 0 Å². The highest BCUT2D eigenvalue weighted by Gasteiger charge is 2.13. The van der Waals surface area contributed by atoms with E-state index in [1.54, 1.807) is 20.1 Å². The third-order valence-corrected chi connectivity index (χ3v) is 5.06. The minimum Gasteiger partial charge on any atom is -0.493 e. The fourth-order valence-electron chi connectivity index (χ4n) is 2.65. The van der Waals surface area contributed by atoms with Gasteiger partial charge in [-0.3, -0.25) is 4.79 Å². The minimum absolute atomic E-state index is 0.346. The molecule has 1 aromatic heterocycles. The molecule has 8 heteroatoms. The highest BCUT2D eigenvalue weighted by Crippen LogP contribution is 2.27. The van der Waals surface area contributed by atoms with Gasteiger partial charge in [0.05, 0.1) is 25.6 Å². The zero-order chi connectivity index (χ0) is 20.6. The maximum Gasteiger partial charge on any atom is 0.283 e. The van der Waals surface area contributed by atoms with Crippen molar-refractivity contribution in [3.8, 4) is 11.5 Å². The van der Waals surface area contributed by atoms with Gasteiger partial charge in [0.25, 0.3) is 5.91 Å². The number of hydrogen-bond donors (Lipinski definition) is 2. The Morgan fingerprint density at radius 2 is 2.03 bits per heavy atom. The second kappa shape index (κ2) is 9.70. The molecule has 29 heavy (non-hydrogen) atoms. The van der Waals surface area contributed by atoms with Crippen molar-refractivity contribution in [2.75, 3.05) is 19.5 Å². The van der Waals surface area contributed by atoms with Crippen molar-refractivity contribution in [2.45, 2.75) is 13.3 Å². The molecule has 0 spiro atoms. The molecule has 0 saturated heterocycles. The molecule has 7 nitrogen and oxygen atoms in total. The van der Waals surface area contributed by atoms with Crippen LogP contribution in [0.2, 0.25) is 0 Å². The lowest BCUT2D eigenvalue weighted by Gasteiger charge is -2.11. The number of aromatic nitrogens is 1. The quantitative estimate of drug-likeness (QED) is 0.438. The summed E-state index contributed by atoms with van der Waals surface area (Å²) in [7, 11) is 1.58. The number of amides is 1. The van der Waals surface area contributed by atoms with Crippen LogP contribution in [0.15, 0.2) is 53.6 Å². The Kier molecular flexibility index (Phi) is 6.80. The van der Waals surface area contributed by atoms with Crippen molar-refractivity contribution < 1.29 is 14.3 Å². The first-order valence-corrected chi connectivity index (χ1v) is 9.79. The van der Waals surface area contributed by atoms with E-state index in [1.165, 1.54) is 11.8 Å². The molecular weight excluding hydrogens is 388 g/mol. The van der Waals surface area contributed by atoms with E-state index in [-0.39, 0.29) is 5.91 Å². The lowest BCUT2D eigenvalue weighted by atomic mass is 10.2. The molecule has 0 atom stereocenters. The van der Waals surface area contributed by atoms with Gasteiger partial charge in [-0.2, -0.15) is 5.10 Å². The van der Waals surface area contributed by atoms with Crippen molar-refractivity contribution in [1.82, 2.24) is 10.4 Å². The lowest BCUT2D eigenvalue weighted by Crippen LogP contribution is -2.17. The smallest absolute Gasteiger partial charge is 0.283 e. The van der Waals surface area contributed by atoms with Crippen LogP contribution in [0, 0.1) is 6.92 Å². The number of anilines is 1. The SMILES string of the molecule is COc1cc(/C=N\NC(=O)c2sc(N)nc2C)ccc1OCCc1ccccc1. The van der Waals surface area contributed by atoms with Gasteiger partial charge in [-0.15, -0.1) is 0 Å². The average molecular weight is 410 g/mol. The van der Waals surface area contributed by atoms with Gasteiger partial charge in [-0.25, -0.2) is 10.4 Å². The van der Waals surface area contributed by atoms with Crippen LogP contribution < -0.4 is 20.6 Å². The summed E-state index contributed by atoms with van der Waals surface area (Å²) < 4.78 is 11.3. The number of hydrazone groups is 1. The van der Waals surface area contributed by atoms with Crippen molar-refractivity contribution >= 4 is 28.6 Å². The number of nitrogens with zero attached hydrogens (tertiary/aromatic N) is 2. The monoisotopic (exact) mass is 410 g/mol. The fourth-order valence-corrected chi connectivity index (χ4v) is 3.37. The molecule has 3 N–H and O–H groups in total. The van der Waals surface area contributed by atoms with E-state index in [9.17, 15) is 4.79 Å². The number of thiazole rings is 1. The Hall–Kier alpha value is -3.39. The predicted octanol–water partition coefficient (Wildman–Crippen LogP) is 3.43. The summed E-state index contributed by atoms with van der Waals surface area (Å²) in [6.45, 7) is 2.27. The van der Waals surface area contributed by atoms with Gasteiger partial charge >= 0.3 is 0 Å². The number of carbonyl (C=O) groups excluding carboxylic acids is 1. The third kappa shape index (κ3) is 5.55. The first-order valence-electron chi connectivity index (χ1n) is 8.98. The van der Waals surface area contributed by atoms with Crippen molar-refractivity contribution in [2.24, 2.45) is 5.10 Å². The number of carbonyl (C=O) groups is 1. The number of hydrogen-bond acceptors (Lipinski definition) is 7. The number of benzene rings is 2. The normalized spacial score (nSPS) is 10.8. The first-order chi connectivity index (χ1) is 14.1. The number of nitrogens with one attached hydrogen (secondary N) is 1. The van der Waals surface area contributed by atoms with Crippen LogP contribution in [0.25, 0.3) is 0 Å². The molecule has 0 fully saturated rings. The zero-order valence-electron chi connectivity index (χ0n) is 16.2. The number of ether oxygens (including phenoxy) is 2. The first kappa shape index (κ1) is 20.3. The van der Waals surface area contributed by atoms with Gasteiger partial charge in [-0.1, -0.05) is 41.7 Å². The number of methoxy groups -OCH3 is 1. The van der Waals surface area contributed by atoms with E-state index in [1.807, 2.05) is 30.3 Å². The van der Waals surface area contributed by atoms with Crippen LogP contribution in [-0.4, -0.2) is 30.8 Å². The second-order valence-corrected chi connectivity index (χ2v) is 7.19. The van der Waals surface area contributed by atoms with Crippen LogP contribution in [0.5, 0.6) is 11.5 Å². The third-order valence-electron chi connectivity index (χ3n) is 4.08. The summed E-state index contributed by atoms with van der Waals surface area (Å²) in [5.41, 5.74) is 10.6. The molecule has 0 radical (unpaired) electrons.